The number of pyridine rings is 1. The molecule has 0 atom stereocenters. The number of hydrogen-bond acceptors (Lipinski definition) is 4. The topological polar surface area (TPSA) is 99.5 Å². The first kappa shape index (κ1) is 14.5. The van der Waals surface area contributed by atoms with E-state index in [2.05, 4.69) is 10.3 Å². The van der Waals surface area contributed by atoms with Crippen molar-refractivity contribution in [2.45, 2.75) is 12.8 Å². The molecule has 6 nitrogen and oxygen atoms in total. The summed E-state index contributed by atoms with van der Waals surface area (Å²) >= 11 is 0. The molecule has 0 aliphatic rings. The normalized spacial score (nSPS) is 10.1. The molecule has 0 spiro atoms. The predicted molar refractivity (Wildman–Crippen MR) is 76.3 cm³/mol. The van der Waals surface area contributed by atoms with Crippen molar-refractivity contribution in [2.24, 2.45) is 0 Å². The molecule has 0 unspecified atom stereocenters. The van der Waals surface area contributed by atoms with Crippen LogP contribution in [0.25, 0.3) is 0 Å². The maximum Gasteiger partial charge on any atom is 0.303 e. The highest BCUT2D eigenvalue weighted by atomic mass is 16.4. The zero-order valence-corrected chi connectivity index (χ0v) is 11.1. The number of benzene rings is 1. The average molecular weight is 286 g/mol. The van der Waals surface area contributed by atoms with Gasteiger partial charge in [0.1, 0.15) is 5.75 Å². The summed E-state index contributed by atoms with van der Waals surface area (Å²) < 4.78 is 0. The lowest BCUT2D eigenvalue weighted by Gasteiger charge is -2.10. The molecule has 0 bridgehead atoms. The van der Waals surface area contributed by atoms with Crippen LogP contribution in [-0.4, -0.2) is 27.1 Å². The minimum absolute atomic E-state index is 0.0133. The number of aliphatic carboxylic acids is 1. The van der Waals surface area contributed by atoms with E-state index in [-0.39, 0.29) is 17.7 Å². The van der Waals surface area contributed by atoms with Crippen LogP contribution in [-0.2, 0) is 11.2 Å². The monoisotopic (exact) mass is 286 g/mol. The van der Waals surface area contributed by atoms with Gasteiger partial charge in [0.05, 0.1) is 11.8 Å². The molecule has 1 heterocycles. The second-order valence-corrected chi connectivity index (χ2v) is 4.44. The molecule has 0 aliphatic carbocycles. The number of nitrogens with one attached hydrogen (secondary N) is 1. The van der Waals surface area contributed by atoms with E-state index in [1.807, 2.05) is 0 Å². The molecule has 21 heavy (non-hydrogen) atoms. The molecule has 108 valence electrons. The summed E-state index contributed by atoms with van der Waals surface area (Å²) in [5.74, 6) is -1.41. The number of amides is 1. The second kappa shape index (κ2) is 6.51. The number of para-hydroxylation sites is 1. The lowest BCUT2D eigenvalue weighted by Crippen LogP contribution is -2.13. The minimum Gasteiger partial charge on any atom is -0.506 e. The first-order valence-corrected chi connectivity index (χ1v) is 6.31. The highest BCUT2D eigenvalue weighted by Gasteiger charge is 2.10. The Morgan fingerprint density at radius 1 is 1.19 bits per heavy atom. The summed E-state index contributed by atoms with van der Waals surface area (Å²) in [4.78, 5) is 26.5. The van der Waals surface area contributed by atoms with Crippen LogP contribution in [0.5, 0.6) is 5.75 Å². The van der Waals surface area contributed by atoms with Crippen molar-refractivity contribution >= 4 is 17.6 Å². The van der Waals surface area contributed by atoms with Crippen LogP contribution in [0.2, 0.25) is 0 Å². The average Bonchev–Trinajstić information content (AvgIpc) is 2.46. The molecule has 6 heteroatoms. The number of carboxylic acids is 1. The number of nitrogens with zero attached hydrogens (tertiary/aromatic N) is 1. The molecule has 0 radical (unpaired) electrons. The van der Waals surface area contributed by atoms with Gasteiger partial charge in [-0.25, -0.2) is 0 Å². The summed E-state index contributed by atoms with van der Waals surface area (Å²) in [6.07, 6.45) is 2.89. The second-order valence-electron chi connectivity index (χ2n) is 4.44. The quantitative estimate of drug-likeness (QED) is 0.781. The summed E-state index contributed by atoms with van der Waals surface area (Å²) in [6.45, 7) is 0. The van der Waals surface area contributed by atoms with Crippen molar-refractivity contribution < 1.29 is 19.8 Å². The minimum atomic E-state index is -0.895. The molecule has 2 rings (SSSR count). The highest BCUT2D eigenvalue weighted by molar-refractivity contribution is 6.04. The van der Waals surface area contributed by atoms with Crippen molar-refractivity contribution in [1.29, 1.82) is 0 Å². The Kier molecular flexibility index (Phi) is 4.50. The fourth-order valence-corrected chi connectivity index (χ4v) is 1.85. The van der Waals surface area contributed by atoms with Gasteiger partial charge in [-0.3, -0.25) is 14.6 Å². The maximum absolute atomic E-state index is 12.1. The van der Waals surface area contributed by atoms with Crippen molar-refractivity contribution in [1.82, 2.24) is 4.98 Å². The Balaban J connectivity index is 2.15. The smallest absolute Gasteiger partial charge is 0.303 e. The predicted octanol–water partition coefficient (Wildman–Crippen LogP) is 2.06. The van der Waals surface area contributed by atoms with Gasteiger partial charge in [0.25, 0.3) is 5.91 Å². The van der Waals surface area contributed by atoms with Crippen molar-refractivity contribution in [3.05, 3.63) is 53.9 Å². The van der Waals surface area contributed by atoms with Crippen molar-refractivity contribution in [2.75, 3.05) is 5.32 Å². The van der Waals surface area contributed by atoms with E-state index in [4.69, 9.17) is 5.11 Å². The molecule has 1 amide bonds. The number of aromatic hydroxyl groups is 1. The molecular formula is C15H14N2O4. The van der Waals surface area contributed by atoms with Crippen molar-refractivity contribution in [3.8, 4) is 5.75 Å². The fraction of sp³-hybridized carbons (Fsp3) is 0.133. The van der Waals surface area contributed by atoms with E-state index >= 15 is 0 Å². The number of aryl methyl sites for hydroxylation is 1. The molecule has 0 saturated heterocycles. The Bertz CT molecular complexity index is 670. The number of carbonyl (C=O) groups excluding carboxylic acids is 1. The summed E-state index contributed by atoms with van der Waals surface area (Å²) in [6, 6.07) is 8.30. The van der Waals surface area contributed by atoms with E-state index in [0.29, 0.717) is 12.1 Å². The van der Waals surface area contributed by atoms with Gasteiger partial charge in [-0.05, 0) is 24.1 Å². The molecular weight excluding hydrogens is 272 g/mol. The van der Waals surface area contributed by atoms with E-state index in [1.54, 1.807) is 24.3 Å². The van der Waals surface area contributed by atoms with Gasteiger partial charge < -0.3 is 15.5 Å². The first-order chi connectivity index (χ1) is 10.1. The van der Waals surface area contributed by atoms with E-state index < -0.39 is 11.9 Å². The van der Waals surface area contributed by atoms with E-state index in [0.717, 1.165) is 5.56 Å². The van der Waals surface area contributed by atoms with Gasteiger partial charge in [0, 0.05) is 18.3 Å². The van der Waals surface area contributed by atoms with Crippen LogP contribution in [0.3, 0.4) is 0 Å². The zero-order valence-electron chi connectivity index (χ0n) is 11.1. The number of rotatable bonds is 5. The van der Waals surface area contributed by atoms with Crippen LogP contribution >= 0.6 is 0 Å². The molecule has 0 saturated carbocycles. The van der Waals surface area contributed by atoms with E-state index in [1.165, 1.54) is 18.5 Å². The third kappa shape index (κ3) is 4.04. The summed E-state index contributed by atoms with van der Waals surface area (Å²) in [5.41, 5.74) is 1.51. The SMILES string of the molecule is O=C(O)CCc1ccccc1NC(=O)c1cncc(O)c1. The summed E-state index contributed by atoms with van der Waals surface area (Å²) in [5, 5.41) is 20.7. The van der Waals surface area contributed by atoms with E-state index in [9.17, 15) is 14.7 Å². The highest BCUT2D eigenvalue weighted by Crippen LogP contribution is 2.18. The van der Waals surface area contributed by atoms with Crippen LogP contribution < -0.4 is 5.32 Å². The molecule has 2 aromatic rings. The van der Waals surface area contributed by atoms with Crippen molar-refractivity contribution in [3.63, 3.8) is 0 Å². The summed E-state index contributed by atoms with van der Waals surface area (Å²) in [7, 11) is 0. The molecule has 0 aliphatic heterocycles. The van der Waals surface area contributed by atoms with Crippen LogP contribution in [0.1, 0.15) is 22.3 Å². The number of hydrogen-bond donors (Lipinski definition) is 3. The maximum atomic E-state index is 12.1. The lowest BCUT2D eigenvalue weighted by molar-refractivity contribution is -0.136. The Morgan fingerprint density at radius 2 is 1.95 bits per heavy atom. The van der Waals surface area contributed by atoms with Crippen LogP contribution in [0, 0.1) is 0 Å². The van der Waals surface area contributed by atoms with Gasteiger partial charge in [-0.2, -0.15) is 0 Å². The Morgan fingerprint density at radius 3 is 2.67 bits per heavy atom. The first-order valence-electron chi connectivity index (χ1n) is 6.31. The van der Waals surface area contributed by atoms with Crippen LogP contribution in [0.4, 0.5) is 5.69 Å². The lowest BCUT2D eigenvalue weighted by atomic mass is 10.1. The molecule has 3 N–H and O–H groups in total. The van der Waals surface area contributed by atoms with Gasteiger partial charge in [-0.15, -0.1) is 0 Å². The Hall–Kier alpha value is -2.89. The number of carboxylic acid groups (broad SMARTS) is 1. The molecule has 1 aromatic heterocycles. The third-order valence-electron chi connectivity index (χ3n) is 2.86. The number of aromatic nitrogens is 1. The van der Waals surface area contributed by atoms with Gasteiger partial charge in [-0.1, -0.05) is 18.2 Å². The number of anilines is 1. The third-order valence-corrected chi connectivity index (χ3v) is 2.86. The van der Waals surface area contributed by atoms with Crippen LogP contribution in [0.15, 0.2) is 42.7 Å². The van der Waals surface area contributed by atoms with Gasteiger partial charge >= 0.3 is 5.97 Å². The fourth-order valence-electron chi connectivity index (χ4n) is 1.85. The Labute approximate surface area is 121 Å². The molecule has 0 fully saturated rings. The standard InChI is InChI=1S/C15H14N2O4/c18-12-7-11(8-16-9-12)15(21)17-13-4-2-1-3-10(13)5-6-14(19)20/h1-4,7-9,18H,5-6H2,(H,17,21)(H,19,20). The zero-order chi connectivity index (χ0) is 15.2. The molecule has 1 aromatic carbocycles. The van der Waals surface area contributed by atoms with Gasteiger partial charge in [0.2, 0.25) is 0 Å². The van der Waals surface area contributed by atoms with Gasteiger partial charge in [0.15, 0.2) is 0 Å². The largest absolute Gasteiger partial charge is 0.506 e. The number of carbonyl (C=O) groups is 2.